The Morgan fingerprint density at radius 1 is 1.14 bits per heavy atom. The third-order valence-corrected chi connectivity index (χ3v) is 8.96. The van der Waals surface area contributed by atoms with Crippen molar-refractivity contribution in [2.45, 2.75) is 43.4 Å². The van der Waals surface area contributed by atoms with Crippen LogP contribution >= 0.6 is 0 Å². The molecule has 194 valence electrons. The van der Waals surface area contributed by atoms with E-state index in [0.29, 0.717) is 30.6 Å². The lowest BCUT2D eigenvalue weighted by Gasteiger charge is -2.38. The first-order valence-corrected chi connectivity index (χ1v) is 13.9. The number of nitrogens with two attached hydrogens (primary N) is 1. The third-order valence-electron chi connectivity index (χ3n) is 7.16. The molecule has 3 N–H and O–H groups in total. The lowest BCUT2D eigenvalue weighted by molar-refractivity contribution is 0.308. The second-order valence-corrected chi connectivity index (χ2v) is 12.1. The van der Waals surface area contributed by atoms with E-state index in [1.54, 1.807) is 24.7 Å². The quantitative estimate of drug-likeness (QED) is 0.406. The van der Waals surface area contributed by atoms with Crippen molar-refractivity contribution in [2.75, 3.05) is 6.26 Å². The molecule has 4 aromatic rings. The molecule has 0 amide bonds. The zero-order valence-electron chi connectivity index (χ0n) is 20.3. The summed E-state index contributed by atoms with van der Waals surface area (Å²) in [5, 5.41) is 13.3. The number of aromatic nitrogens is 4. The normalized spacial score (nSPS) is 22.4. The number of phenols is 1. The molecule has 0 aliphatic heterocycles. The first-order chi connectivity index (χ1) is 17.5. The van der Waals surface area contributed by atoms with Gasteiger partial charge in [0.05, 0.1) is 28.2 Å². The van der Waals surface area contributed by atoms with E-state index in [1.807, 2.05) is 13.0 Å². The molecular formula is C26H27F2N5O3S. The summed E-state index contributed by atoms with van der Waals surface area (Å²) in [7, 11) is -3.27. The Labute approximate surface area is 213 Å². The van der Waals surface area contributed by atoms with Crippen molar-refractivity contribution >= 4 is 15.4 Å². The maximum absolute atomic E-state index is 14.5. The van der Waals surface area contributed by atoms with Gasteiger partial charge in [0.1, 0.15) is 23.2 Å². The second-order valence-electron chi connectivity index (χ2n) is 9.87. The molecule has 1 aliphatic carbocycles. The fraction of sp³-hybridized carbons (Fsp3) is 0.346. The highest BCUT2D eigenvalue weighted by atomic mass is 32.2. The van der Waals surface area contributed by atoms with Crippen LogP contribution in [0.5, 0.6) is 5.75 Å². The second kappa shape index (κ2) is 9.46. The van der Waals surface area contributed by atoms with Gasteiger partial charge in [-0.15, -0.1) is 0 Å². The van der Waals surface area contributed by atoms with E-state index < -0.39 is 38.5 Å². The van der Waals surface area contributed by atoms with Gasteiger partial charge in [0.2, 0.25) is 0 Å². The van der Waals surface area contributed by atoms with Crippen LogP contribution < -0.4 is 5.73 Å². The van der Waals surface area contributed by atoms with Crippen molar-refractivity contribution in [3.63, 3.8) is 0 Å². The van der Waals surface area contributed by atoms with Crippen molar-refractivity contribution in [1.29, 1.82) is 0 Å². The van der Waals surface area contributed by atoms with Crippen molar-refractivity contribution in [3.05, 3.63) is 77.5 Å². The molecule has 0 radical (unpaired) electrons. The predicted molar refractivity (Wildman–Crippen MR) is 135 cm³/mol. The minimum Gasteiger partial charge on any atom is -0.508 e. The topological polar surface area (TPSA) is 123 Å². The highest BCUT2D eigenvalue weighted by molar-refractivity contribution is 7.91. The summed E-state index contributed by atoms with van der Waals surface area (Å²) >= 11 is 0. The summed E-state index contributed by atoms with van der Waals surface area (Å²) in [5.74, 6) is -1.85. The molecule has 37 heavy (non-hydrogen) atoms. The Morgan fingerprint density at radius 3 is 2.54 bits per heavy atom. The van der Waals surface area contributed by atoms with Crippen LogP contribution in [-0.4, -0.2) is 50.7 Å². The van der Waals surface area contributed by atoms with Crippen LogP contribution in [0.25, 0.3) is 16.8 Å². The molecule has 1 aromatic carbocycles. The highest BCUT2D eigenvalue weighted by Gasteiger charge is 2.40. The number of imidazole rings is 1. The Hall–Kier alpha value is -3.44. The van der Waals surface area contributed by atoms with Crippen molar-refractivity contribution in [3.8, 4) is 17.0 Å². The van der Waals surface area contributed by atoms with Crippen LogP contribution in [0.2, 0.25) is 0 Å². The molecule has 0 saturated heterocycles. The van der Waals surface area contributed by atoms with E-state index in [2.05, 4.69) is 15.1 Å². The molecule has 8 nitrogen and oxygen atoms in total. The standard InChI is InChI=1S/C26H27F2N5O3S/c1-14-7-15(8-22(29)26(14)37(2,35)36)19-5-6-30-12-16(19)9-24-31-13-17-3-4-23(32-33(17)24)25-20(27)10-18(34)11-21(25)28/h3-6,10-15,22,26,34H,7-9,29H2,1-2H3/t14-,15+,22+,26+/m0/s1. The number of halogens is 2. The molecule has 5 rings (SSSR count). The van der Waals surface area contributed by atoms with Crippen LogP contribution in [0.15, 0.2) is 48.9 Å². The molecule has 3 aromatic heterocycles. The number of phenolic OH excluding ortho intramolecular Hbond substituents is 1. The molecule has 11 heteroatoms. The average Bonchev–Trinajstić information content (AvgIpc) is 3.19. The first-order valence-electron chi connectivity index (χ1n) is 11.9. The van der Waals surface area contributed by atoms with Gasteiger partial charge in [-0.2, -0.15) is 5.10 Å². The molecular weight excluding hydrogens is 500 g/mol. The van der Waals surface area contributed by atoms with Gasteiger partial charge in [-0.05, 0) is 54.0 Å². The number of hydrogen-bond acceptors (Lipinski definition) is 7. The van der Waals surface area contributed by atoms with Gasteiger partial charge in [-0.3, -0.25) is 4.98 Å². The molecule has 0 bridgehead atoms. The lowest BCUT2D eigenvalue weighted by Crippen LogP contribution is -2.48. The van der Waals surface area contributed by atoms with E-state index in [9.17, 15) is 22.3 Å². The lowest BCUT2D eigenvalue weighted by atomic mass is 9.75. The number of fused-ring (bicyclic) bond motifs is 1. The van der Waals surface area contributed by atoms with Crippen molar-refractivity contribution in [1.82, 2.24) is 19.6 Å². The summed E-state index contributed by atoms with van der Waals surface area (Å²) in [6.07, 6.45) is 7.88. The minimum absolute atomic E-state index is 0.0518. The van der Waals surface area contributed by atoms with Gasteiger partial charge in [0.25, 0.3) is 0 Å². The average molecular weight is 528 g/mol. The molecule has 4 atom stereocenters. The van der Waals surface area contributed by atoms with E-state index in [4.69, 9.17) is 5.73 Å². The van der Waals surface area contributed by atoms with Crippen molar-refractivity contribution in [2.24, 2.45) is 11.7 Å². The fourth-order valence-corrected chi connectivity index (χ4v) is 7.40. The number of pyridine rings is 1. The molecule has 0 unspecified atom stereocenters. The zero-order valence-corrected chi connectivity index (χ0v) is 21.2. The fourth-order valence-electron chi connectivity index (χ4n) is 5.70. The monoisotopic (exact) mass is 527 g/mol. The highest BCUT2D eigenvalue weighted by Crippen LogP contribution is 2.39. The van der Waals surface area contributed by atoms with Crippen LogP contribution in [0.4, 0.5) is 8.78 Å². The van der Waals surface area contributed by atoms with Gasteiger partial charge < -0.3 is 10.8 Å². The number of benzene rings is 1. The molecule has 0 spiro atoms. The van der Waals surface area contributed by atoms with Gasteiger partial charge in [0, 0.05) is 43.2 Å². The van der Waals surface area contributed by atoms with E-state index >= 15 is 0 Å². The Kier molecular flexibility index (Phi) is 6.45. The first kappa shape index (κ1) is 25.2. The Morgan fingerprint density at radius 2 is 1.86 bits per heavy atom. The minimum atomic E-state index is -3.27. The molecule has 1 fully saturated rings. The van der Waals surface area contributed by atoms with E-state index in [1.165, 1.54) is 16.8 Å². The van der Waals surface area contributed by atoms with Gasteiger partial charge in [-0.1, -0.05) is 6.92 Å². The predicted octanol–water partition coefficient (Wildman–Crippen LogP) is 3.62. The van der Waals surface area contributed by atoms with Gasteiger partial charge in [-0.25, -0.2) is 26.7 Å². The van der Waals surface area contributed by atoms with Crippen LogP contribution in [0, 0.1) is 17.6 Å². The van der Waals surface area contributed by atoms with Gasteiger partial charge in [0.15, 0.2) is 9.84 Å². The van der Waals surface area contributed by atoms with Gasteiger partial charge >= 0.3 is 0 Å². The maximum Gasteiger partial charge on any atom is 0.152 e. The number of sulfone groups is 1. The summed E-state index contributed by atoms with van der Waals surface area (Å²) in [6, 6.07) is 6.29. The third kappa shape index (κ3) is 4.80. The van der Waals surface area contributed by atoms with Crippen LogP contribution in [0.1, 0.15) is 42.6 Å². The largest absolute Gasteiger partial charge is 0.508 e. The van der Waals surface area contributed by atoms with E-state index in [0.717, 1.165) is 23.3 Å². The van der Waals surface area contributed by atoms with Crippen LogP contribution in [0.3, 0.4) is 0 Å². The van der Waals surface area contributed by atoms with E-state index in [-0.39, 0.29) is 23.1 Å². The summed E-state index contributed by atoms with van der Waals surface area (Å²) in [4.78, 5) is 8.77. The molecule has 1 saturated carbocycles. The number of rotatable bonds is 5. The summed E-state index contributed by atoms with van der Waals surface area (Å²) in [5.41, 5.74) is 8.63. The smallest absolute Gasteiger partial charge is 0.152 e. The maximum atomic E-state index is 14.5. The number of nitrogens with zero attached hydrogens (tertiary/aromatic N) is 4. The van der Waals surface area contributed by atoms with Crippen LogP contribution in [-0.2, 0) is 16.3 Å². The Bertz CT molecular complexity index is 1560. The summed E-state index contributed by atoms with van der Waals surface area (Å²) < 4.78 is 55.0. The summed E-state index contributed by atoms with van der Waals surface area (Å²) in [6.45, 7) is 1.92. The zero-order chi connectivity index (χ0) is 26.5. The molecule has 3 heterocycles. The SMILES string of the molecule is C[C@H]1C[C@@H](c2ccncc2Cc2ncc3ccc(-c4c(F)cc(O)cc4F)nn23)C[C@@H](N)[C@@H]1S(C)(=O)=O. The Balaban J connectivity index is 1.49. The molecule has 1 aliphatic rings. The number of aromatic hydroxyl groups is 1. The number of hydrogen-bond donors (Lipinski definition) is 2. The van der Waals surface area contributed by atoms with Crippen molar-refractivity contribution < 1.29 is 22.3 Å².